The summed E-state index contributed by atoms with van der Waals surface area (Å²) in [5, 5.41) is 0. The Bertz CT molecular complexity index is 1690. The first-order valence-electron chi connectivity index (χ1n) is 16.6. The fourth-order valence-corrected chi connectivity index (χ4v) is 5.87. The molecular weight excluding hydrogens is 651 g/mol. The van der Waals surface area contributed by atoms with E-state index in [0.29, 0.717) is 31.6 Å². The third kappa shape index (κ3) is 9.75. The lowest BCUT2D eigenvalue weighted by Crippen LogP contribution is -2.25. The van der Waals surface area contributed by atoms with E-state index in [2.05, 4.69) is 12.2 Å². The average molecular weight is 694 g/mol. The van der Waals surface area contributed by atoms with Gasteiger partial charge >= 0.3 is 6.18 Å². The van der Waals surface area contributed by atoms with E-state index in [1.165, 1.54) is 12.1 Å². The number of nitrogens with zero attached hydrogens (tertiary/aromatic N) is 1. The molecule has 51 heavy (non-hydrogen) atoms. The molecule has 264 valence electrons. The summed E-state index contributed by atoms with van der Waals surface area (Å²) < 4.78 is 63.0. The molecule has 0 unspecified atom stereocenters. The number of halogens is 3. The molecule has 0 bridgehead atoms. The minimum atomic E-state index is -4.45. The van der Waals surface area contributed by atoms with E-state index >= 15 is 0 Å². The quantitative estimate of drug-likeness (QED) is 0.109. The Morgan fingerprint density at radius 3 is 1.14 bits per heavy atom. The van der Waals surface area contributed by atoms with Crippen LogP contribution in [0.25, 0.3) is 11.1 Å². The van der Waals surface area contributed by atoms with Gasteiger partial charge in [0.25, 0.3) is 0 Å². The molecule has 0 aliphatic rings. The van der Waals surface area contributed by atoms with Gasteiger partial charge in [0, 0.05) is 18.8 Å². The molecule has 0 N–H and O–H groups in total. The Morgan fingerprint density at radius 1 is 0.510 bits per heavy atom. The van der Waals surface area contributed by atoms with Crippen molar-refractivity contribution in [2.45, 2.75) is 19.0 Å². The van der Waals surface area contributed by atoms with Crippen LogP contribution >= 0.6 is 0 Å². The van der Waals surface area contributed by atoms with Gasteiger partial charge in [-0.3, -0.25) is 0 Å². The van der Waals surface area contributed by atoms with Crippen molar-refractivity contribution in [1.29, 1.82) is 0 Å². The van der Waals surface area contributed by atoms with Crippen molar-refractivity contribution in [3.8, 4) is 23.0 Å². The molecule has 5 rings (SSSR count). The van der Waals surface area contributed by atoms with Crippen LogP contribution in [0.3, 0.4) is 0 Å². The molecule has 5 aromatic carbocycles. The van der Waals surface area contributed by atoms with Crippen LogP contribution in [-0.2, 0) is 6.18 Å². The minimum Gasteiger partial charge on any atom is -0.497 e. The molecule has 0 aromatic heterocycles. The molecule has 5 nitrogen and oxygen atoms in total. The van der Waals surface area contributed by atoms with Gasteiger partial charge in [-0.05, 0) is 113 Å². The summed E-state index contributed by atoms with van der Waals surface area (Å²) in [6, 6.07) is 36.9. The molecule has 0 aliphatic heterocycles. The van der Waals surface area contributed by atoms with Crippen molar-refractivity contribution in [3.63, 3.8) is 0 Å². The third-order valence-corrected chi connectivity index (χ3v) is 8.64. The summed E-state index contributed by atoms with van der Waals surface area (Å²) in [7, 11) is 6.51. The highest BCUT2D eigenvalue weighted by atomic mass is 19.4. The van der Waals surface area contributed by atoms with Gasteiger partial charge in [-0.2, -0.15) is 13.2 Å². The monoisotopic (exact) mass is 693 g/mol. The number of methoxy groups -OCH3 is 4. The number of ether oxygens (including phenoxy) is 4. The van der Waals surface area contributed by atoms with E-state index < -0.39 is 11.7 Å². The second kappa shape index (κ2) is 17.3. The summed E-state index contributed by atoms with van der Waals surface area (Å²) in [6.45, 7) is 0.983. The molecule has 0 heterocycles. The maximum atomic E-state index is 13.8. The highest BCUT2D eigenvalue weighted by Gasteiger charge is 2.30. The lowest BCUT2D eigenvalue weighted by Gasteiger charge is -2.25. The first-order valence-corrected chi connectivity index (χ1v) is 16.6. The van der Waals surface area contributed by atoms with Crippen molar-refractivity contribution in [2.24, 2.45) is 0 Å². The van der Waals surface area contributed by atoms with Crippen LogP contribution in [0.15, 0.2) is 133 Å². The van der Waals surface area contributed by atoms with Crippen LogP contribution in [0.2, 0.25) is 0 Å². The number of rotatable bonds is 15. The summed E-state index contributed by atoms with van der Waals surface area (Å²) in [6.07, 6.45) is 0.988. The Morgan fingerprint density at radius 2 is 0.843 bits per heavy atom. The van der Waals surface area contributed by atoms with Gasteiger partial charge < -0.3 is 23.8 Å². The number of hydrogen-bond donors (Lipinski definition) is 0. The van der Waals surface area contributed by atoms with Gasteiger partial charge in [-0.25, -0.2) is 0 Å². The normalized spacial score (nSPS) is 11.0. The topological polar surface area (TPSA) is 40.2 Å². The van der Waals surface area contributed by atoms with Crippen LogP contribution < -0.4 is 23.8 Å². The van der Waals surface area contributed by atoms with E-state index in [1.807, 2.05) is 102 Å². The molecule has 8 heteroatoms. The van der Waals surface area contributed by atoms with E-state index in [-0.39, 0.29) is 0 Å². The summed E-state index contributed by atoms with van der Waals surface area (Å²) in [5.74, 6) is 3.00. The predicted molar refractivity (Wildman–Crippen MR) is 199 cm³/mol. The Balaban J connectivity index is 1.47. The van der Waals surface area contributed by atoms with Gasteiger partial charge in [0.15, 0.2) is 0 Å². The average Bonchev–Trinajstić information content (AvgIpc) is 3.17. The van der Waals surface area contributed by atoms with Gasteiger partial charge in [0.1, 0.15) is 23.0 Å². The molecule has 0 saturated carbocycles. The molecule has 0 radical (unpaired) electrons. The van der Waals surface area contributed by atoms with E-state index in [4.69, 9.17) is 18.9 Å². The lowest BCUT2D eigenvalue weighted by molar-refractivity contribution is -0.137. The fraction of sp³-hybridized carbons (Fsp3) is 0.209. The Hall–Kier alpha value is -5.63. The van der Waals surface area contributed by atoms with Crippen molar-refractivity contribution < 1.29 is 32.1 Å². The first-order chi connectivity index (χ1) is 24.7. The number of benzene rings is 5. The standard InChI is InChI=1S/C43H42F3NO4/c1-48-37-20-12-31(13-21-37)41(32-14-22-38(49-2)23-15-32)10-6-28-47(36-9-5-8-35(30-36)43(44,45)46)29-7-11-42(33-16-24-39(50-3)25-17-33)34-18-26-40(51-4)27-19-34/h5,8-27,30H,6-7,28-29H2,1-4H3. The van der Waals surface area contributed by atoms with Gasteiger partial charge in [-0.1, -0.05) is 66.7 Å². The van der Waals surface area contributed by atoms with E-state index in [9.17, 15) is 13.2 Å². The Kier molecular flexibility index (Phi) is 12.5. The van der Waals surface area contributed by atoms with Gasteiger partial charge in [0.2, 0.25) is 0 Å². The Labute approximate surface area is 298 Å². The zero-order valence-electron chi connectivity index (χ0n) is 29.2. The molecular formula is C43H42F3NO4. The molecule has 5 aromatic rings. The van der Waals surface area contributed by atoms with Gasteiger partial charge in [-0.15, -0.1) is 0 Å². The van der Waals surface area contributed by atoms with E-state index in [1.54, 1.807) is 34.5 Å². The van der Waals surface area contributed by atoms with Crippen LogP contribution in [0, 0.1) is 0 Å². The zero-order chi connectivity index (χ0) is 36.2. The summed E-state index contributed by atoms with van der Waals surface area (Å²) >= 11 is 0. The molecule has 0 saturated heterocycles. The number of anilines is 1. The van der Waals surface area contributed by atoms with E-state index in [0.717, 1.165) is 62.5 Å². The first kappa shape index (κ1) is 36.6. The van der Waals surface area contributed by atoms with Crippen LogP contribution in [0.4, 0.5) is 18.9 Å². The summed E-state index contributed by atoms with van der Waals surface area (Å²) in [5.41, 5.74) is 5.84. The van der Waals surface area contributed by atoms with Crippen molar-refractivity contribution in [1.82, 2.24) is 0 Å². The fourth-order valence-electron chi connectivity index (χ4n) is 5.87. The molecule has 0 fully saturated rings. The summed E-state index contributed by atoms with van der Waals surface area (Å²) in [4.78, 5) is 2.02. The zero-order valence-corrected chi connectivity index (χ0v) is 29.2. The molecule has 0 spiro atoms. The van der Waals surface area contributed by atoms with Gasteiger partial charge in [0.05, 0.1) is 34.0 Å². The largest absolute Gasteiger partial charge is 0.497 e. The van der Waals surface area contributed by atoms with Crippen LogP contribution in [0.5, 0.6) is 23.0 Å². The SMILES string of the molecule is COc1ccc(C(=CCCN(CCC=C(c2ccc(OC)cc2)c2ccc(OC)cc2)c2cccc(C(F)(F)F)c2)c2ccc(OC)cc2)cc1. The molecule has 0 aliphatic carbocycles. The number of alkyl halides is 3. The third-order valence-electron chi connectivity index (χ3n) is 8.64. The number of hydrogen-bond acceptors (Lipinski definition) is 5. The smallest absolute Gasteiger partial charge is 0.416 e. The second-order valence-electron chi connectivity index (χ2n) is 11.8. The van der Waals surface area contributed by atoms with Crippen molar-refractivity contribution >= 4 is 16.8 Å². The van der Waals surface area contributed by atoms with Crippen LogP contribution in [-0.4, -0.2) is 41.5 Å². The predicted octanol–water partition coefficient (Wildman–Crippen LogP) is 10.6. The highest BCUT2D eigenvalue weighted by Crippen LogP contribution is 2.33. The molecule has 0 atom stereocenters. The second-order valence-corrected chi connectivity index (χ2v) is 11.8. The minimum absolute atomic E-state index is 0.491. The lowest BCUT2D eigenvalue weighted by atomic mass is 9.96. The highest BCUT2D eigenvalue weighted by molar-refractivity contribution is 5.81. The maximum absolute atomic E-state index is 13.8. The molecule has 0 amide bonds. The van der Waals surface area contributed by atoms with Crippen molar-refractivity contribution in [3.05, 3.63) is 161 Å². The van der Waals surface area contributed by atoms with Crippen molar-refractivity contribution in [2.75, 3.05) is 46.4 Å². The maximum Gasteiger partial charge on any atom is 0.416 e. The van der Waals surface area contributed by atoms with Crippen LogP contribution in [0.1, 0.15) is 40.7 Å².